The van der Waals surface area contributed by atoms with Crippen molar-refractivity contribution in [2.24, 2.45) is 5.73 Å². The molecule has 110 valence electrons. The molecule has 0 aromatic heterocycles. The molecule has 0 unspecified atom stereocenters. The summed E-state index contributed by atoms with van der Waals surface area (Å²) < 4.78 is 5.17. The van der Waals surface area contributed by atoms with E-state index in [9.17, 15) is 4.79 Å². The zero-order chi connectivity index (χ0) is 14.4. The number of carbonyl (C=O) groups is 1. The molecule has 0 saturated heterocycles. The van der Waals surface area contributed by atoms with Crippen LogP contribution in [0.15, 0.2) is 29.2 Å². The predicted molar refractivity (Wildman–Crippen MR) is 82.1 cm³/mol. The van der Waals surface area contributed by atoms with Crippen LogP contribution in [-0.2, 0) is 4.79 Å². The molecule has 5 heteroatoms. The maximum atomic E-state index is 11.9. The van der Waals surface area contributed by atoms with E-state index in [2.05, 4.69) is 5.32 Å². The lowest BCUT2D eigenvalue weighted by atomic mass is 9.92. The van der Waals surface area contributed by atoms with Crippen LogP contribution in [0.3, 0.4) is 0 Å². The lowest BCUT2D eigenvalue weighted by molar-refractivity contribution is -0.119. The van der Waals surface area contributed by atoms with Gasteiger partial charge < -0.3 is 15.8 Å². The van der Waals surface area contributed by atoms with Gasteiger partial charge >= 0.3 is 0 Å². The molecule has 2 rings (SSSR count). The molecule has 0 spiro atoms. The van der Waals surface area contributed by atoms with Gasteiger partial charge in [0, 0.05) is 17.0 Å². The second-order valence-corrected chi connectivity index (χ2v) is 6.20. The quantitative estimate of drug-likeness (QED) is 0.817. The van der Waals surface area contributed by atoms with Crippen LogP contribution >= 0.6 is 11.8 Å². The third-order valence-corrected chi connectivity index (χ3v) is 4.54. The highest BCUT2D eigenvalue weighted by atomic mass is 32.2. The van der Waals surface area contributed by atoms with Gasteiger partial charge in [0.1, 0.15) is 5.75 Å². The minimum absolute atomic E-state index is 0.0956. The Hall–Kier alpha value is -1.20. The fourth-order valence-corrected chi connectivity index (χ4v) is 3.13. The third-order valence-electron chi connectivity index (χ3n) is 3.55. The van der Waals surface area contributed by atoms with Crippen molar-refractivity contribution in [1.82, 2.24) is 5.32 Å². The molecule has 3 N–H and O–H groups in total. The van der Waals surface area contributed by atoms with Crippen molar-refractivity contribution in [2.45, 2.75) is 42.7 Å². The molecule has 1 aromatic carbocycles. The van der Waals surface area contributed by atoms with E-state index in [1.807, 2.05) is 24.3 Å². The van der Waals surface area contributed by atoms with Gasteiger partial charge in [-0.2, -0.15) is 0 Å². The van der Waals surface area contributed by atoms with Crippen LogP contribution in [0.25, 0.3) is 0 Å². The number of nitrogens with two attached hydrogens (primary N) is 1. The maximum absolute atomic E-state index is 11.9. The van der Waals surface area contributed by atoms with Crippen LogP contribution < -0.4 is 15.8 Å². The molecule has 0 heterocycles. The Morgan fingerprint density at radius 2 is 2.15 bits per heavy atom. The number of methoxy groups -OCH3 is 1. The van der Waals surface area contributed by atoms with E-state index in [0.29, 0.717) is 17.8 Å². The van der Waals surface area contributed by atoms with Gasteiger partial charge in [0.2, 0.25) is 5.91 Å². The number of benzene rings is 1. The summed E-state index contributed by atoms with van der Waals surface area (Å²) >= 11 is 1.53. The first-order valence-corrected chi connectivity index (χ1v) is 7.97. The summed E-state index contributed by atoms with van der Waals surface area (Å²) in [4.78, 5) is 13.0. The Kier molecular flexibility index (Phi) is 5.73. The Balaban J connectivity index is 1.74. The Morgan fingerprint density at radius 1 is 1.40 bits per heavy atom. The fourth-order valence-electron chi connectivity index (χ4n) is 2.37. The second-order valence-electron chi connectivity index (χ2n) is 5.15. The first kappa shape index (κ1) is 15.2. The molecular formula is C15H22N2O2S. The van der Waals surface area contributed by atoms with Crippen LogP contribution in [0, 0.1) is 0 Å². The van der Waals surface area contributed by atoms with Crippen molar-refractivity contribution in [3.05, 3.63) is 24.3 Å². The van der Waals surface area contributed by atoms with Crippen LogP contribution in [0.1, 0.15) is 25.7 Å². The molecule has 0 radical (unpaired) electrons. The van der Waals surface area contributed by atoms with Gasteiger partial charge in [-0.05, 0) is 43.9 Å². The molecule has 1 amide bonds. The monoisotopic (exact) mass is 294 g/mol. The van der Waals surface area contributed by atoms with Crippen LogP contribution in [0.2, 0.25) is 0 Å². The number of carbonyl (C=O) groups excluding carboxylic acids is 1. The third kappa shape index (κ3) is 4.72. The molecule has 20 heavy (non-hydrogen) atoms. The van der Waals surface area contributed by atoms with E-state index in [1.165, 1.54) is 11.8 Å². The van der Waals surface area contributed by atoms with Gasteiger partial charge in [0.15, 0.2) is 0 Å². The summed E-state index contributed by atoms with van der Waals surface area (Å²) in [5.41, 5.74) is 5.86. The van der Waals surface area contributed by atoms with E-state index in [-0.39, 0.29) is 5.91 Å². The minimum Gasteiger partial charge on any atom is -0.497 e. The topological polar surface area (TPSA) is 64.3 Å². The highest BCUT2D eigenvalue weighted by Crippen LogP contribution is 2.23. The lowest BCUT2D eigenvalue weighted by Crippen LogP contribution is -2.41. The standard InChI is InChI=1S/C15H22N2O2S/c1-19-13-3-2-4-14(9-13)20-10-15(18)17-12-7-5-11(16)6-8-12/h2-4,9,11-12H,5-8,10,16H2,1H3,(H,17,18). The van der Waals surface area contributed by atoms with Crippen molar-refractivity contribution in [3.63, 3.8) is 0 Å². The second kappa shape index (κ2) is 7.55. The fraction of sp³-hybridized carbons (Fsp3) is 0.533. The van der Waals surface area contributed by atoms with Gasteiger partial charge in [-0.1, -0.05) is 6.07 Å². The zero-order valence-electron chi connectivity index (χ0n) is 11.8. The number of rotatable bonds is 5. The summed E-state index contributed by atoms with van der Waals surface area (Å²) in [5, 5.41) is 3.09. The number of hydrogen-bond donors (Lipinski definition) is 2. The van der Waals surface area contributed by atoms with E-state index >= 15 is 0 Å². The minimum atomic E-state index is 0.0956. The number of hydrogen-bond acceptors (Lipinski definition) is 4. The maximum Gasteiger partial charge on any atom is 0.230 e. The summed E-state index contributed by atoms with van der Waals surface area (Å²) in [6.45, 7) is 0. The summed E-state index contributed by atoms with van der Waals surface area (Å²) in [5.74, 6) is 1.35. The molecule has 1 aliphatic rings. The molecular weight excluding hydrogens is 272 g/mol. The van der Waals surface area contributed by atoms with E-state index in [4.69, 9.17) is 10.5 Å². The van der Waals surface area contributed by atoms with Gasteiger partial charge in [0.05, 0.1) is 12.9 Å². The Labute approximate surface area is 124 Å². The van der Waals surface area contributed by atoms with Crippen molar-refractivity contribution in [2.75, 3.05) is 12.9 Å². The first-order chi connectivity index (χ1) is 9.67. The van der Waals surface area contributed by atoms with Crippen LogP contribution in [0.5, 0.6) is 5.75 Å². The number of amides is 1. The van der Waals surface area contributed by atoms with Gasteiger partial charge in [0.25, 0.3) is 0 Å². The largest absolute Gasteiger partial charge is 0.497 e. The van der Waals surface area contributed by atoms with Crippen LogP contribution in [-0.4, -0.2) is 30.9 Å². The van der Waals surface area contributed by atoms with Crippen molar-refractivity contribution in [3.8, 4) is 5.75 Å². The summed E-state index contributed by atoms with van der Waals surface area (Å²) in [7, 11) is 1.64. The smallest absolute Gasteiger partial charge is 0.230 e. The molecule has 0 bridgehead atoms. The number of nitrogens with one attached hydrogen (secondary N) is 1. The molecule has 0 atom stereocenters. The van der Waals surface area contributed by atoms with Gasteiger partial charge in [-0.3, -0.25) is 4.79 Å². The molecule has 1 saturated carbocycles. The van der Waals surface area contributed by atoms with Crippen molar-refractivity contribution >= 4 is 17.7 Å². The van der Waals surface area contributed by atoms with Crippen molar-refractivity contribution in [1.29, 1.82) is 0 Å². The van der Waals surface area contributed by atoms with Gasteiger partial charge in [-0.15, -0.1) is 11.8 Å². The SMILES string of the molecule is COc1cccc(SCC(=O)NC2CCC(N)CC2)c1. The number of thioether (sulfide) groups is 1. The average molecular weight is 294 g/mol. The number of ether oxygens (including phenoxy) is 1. The van der Waals surface area contributed by atoms with Crippen LogP contribution in [0.4, 0.5) is 0 Å². The van der Waals surface area contributed by atoms with Gasteiger partial charge in [-0.25, -0.2) is 0 Å². The van der Waals surface area contributed by atoms with Crippen molar-refractivity contribution < 1.29 is 9.53 Å². The summed E-state index contributed by atoms with van der Waals surface area (Å²) in [6.07, 6.45) is 4.01. The Morgan fingerprint density at radius 3 is 2.85 bits per heavy atom. The summed E-state index contributed by atoms with van der Waals surface area (Å²) in [6, 6.07) is 8.37. The van der Waals surface area contributed by atoms with E-state index < -0.39 is 0 Å². The zero-order valence-corrected chi connectivity index (χ0v) is 12.6. The van der Waals surface area contributed by atoms with E-state index in [1.54, 1.807) is 7.11 Å². The molecule has 1 aromatic rings. The van der Waals surface area contributed by atoms with E-state index in [0.717, 1.165) is 36.3 Å². The Bertz CT molecular complexity index is 445. The lowest BCUT2D eigenvalue weighted by Gasteiger charge is -2.26. The average Bonchev–Trinajstić information content (AvgIpc) is 2.48. The first-order valence-electron chi connectivity index (χ1n) is 6.99. The highest BCUT2D eigenvalue weighted by Gasteiger charge is 2.19. The normalized spacial score (nSPS) is 22.3. The highest BCUT2D eigenvalue weighted by molar-refractivity contribution is 8.00. The molecule has 0 aliphatic heterocycles. The predicted octanol–water partition coefficient (Wildman–Crippen LogP) is 2.17. The molecule has 1 aliphatic carbocycles. The molecule has 1 fully saturated rings. The molecule has 4 nitrogen and oxygen atoms in total.